The van der Waals surface area contributed by atoms with Crippen LogP contribution in [0.4, 0.5) is 22.0 Å². The Morgan fingerprint density at radius 1 is 1.38 bits per heavy atom. The first-order valence-corrected chi connectivity index (χ1v) is 11.1. The predicted molar refractivity (Wildman–Crippen MR) is 127 cm³/mol. The number of hydrogen-bond acceptors (Lipinski definition) is 7. The van der Waals surface area contributed by atoms with Crippen molar-refractivity contribution in [2.24, 2.45) is 7.05 Å². The van der Waals surface area contributed by atoms with Gasteiger partial charge in [-0.3, -0.25) is 4.79 Å². The van der Waals surface area contributed by atoms with E-state index < -0.39 is 17.4 Å². The van der Waals surface area contributed by atoms with E-state index in [0.717, 1.165) is 4.47 Å². The molecule has 2 aromatic heterocycles. The van der Waals surface area contributed by atoms with Crippen molar-refractivity contribution in [2.45, 2.75) is 52.0 Å². The van der Waals surface area contributed by atoms with Crippen LogP contribution in [0.15, 0.2) is 39.9 Å². The van der Waals surface area contributed by atoms with Crippen molar-refractivity contribution in [3.8, 4) is 0 Å². The van der Waals surface area contributed by atoms with E-state index in [2.05, 4.69) is 26.2 Å². The van der Waals surface area contributed by atoms with Crippen molar-refractivity contribution in [1.29, 1.82) is 0 Å². The van der Waals surface area contributed by atoms with E-state index in [-0.39, 0.29) is 18.1 Å². The summed E-state index contributed by atoms with van der Waals surface area (Å²) in [6.45, 7) is 9.54. The van der Waals surface area contributed by atoms with E-state index in [1.54, 1.807) is 38.5 Å². The SMILES string of the molecule is C[C@H]1CN(C(=O)OC(C)(C)C)CC(C)(O)N1c1ccc(Nc2cc(Br)cn(C)c2=O)nc1. The van der Waals surface area contributed by atoms with Crippen molar-refractivity contribution < 1.29 is 14.6 Å². The van der Waals surface area contributed by atoms with Gasteiger partial charge in [-0.25, -0.2) is 9.78 Å². The number of aliphatic hydroxyl groups is 1. The Hall–Kier alpha value is -2.59. The molecule has 9 nitrogen and oxygen atoms in total. The Labute approximate surface area is 196 Å². The largest absolute Gasteiger partial charge is 0.444 e. The van der Waals surface area contributed by atoms with Crippen LogP contribution in [0.5, 0.6) is 0 Å². The molecule has 3 heterocycles. The molecule has 1 fully saturated rings. The van der Waals surface area contributed by atoms with Crippen LogP contribution in [0, 0.1) is 0 Å². The zero-order valence-electron chi connectivity index (χ0n) is 19.2. The lowest BCUT2D eigenvalue weighted by Crippen LogP contribution is -2.66. The fourth-order valence-corrected chi connectivity index (χ4v) is 4.41. The first kappa shape index (κ1) is 24.1. The monoisotopic (exact) mass is 507 g/mol. The van der Waals surface area contributed by atoms with E-state index in [1.807, 2.05) is 38.7 Å². The minimum absolute atomic E-state index is 0.0976. The van der Waals surface area contributed by atoms with Gasteiger partial charge in [0.2, 0.25) is 0 Å². The smallest absolute Gasteiger partial charge is 0.410 e. The van der Waals surface area contributed by atoms with Crippen LogP contribution < -0.4 is 15.8 Å². The summed E-state index contributed by atoms with van der Waals surface area (Å²) in [4.78, 5) is 32.6. The van der Waals surface area contributed by atoms with Crippen molar-refractivity contribution in [1.82, 2.24) is 14.5 Å². The third-order valence-corrected chi connectivity index (χ3v) is 5.46. The summed E-state index contributed by atoms with van der Waals surface area (Å²) in [5.74, 6) is 0.503. The molecular formula is C22H30BrN5O4. The molecule has 2 atom stereocenters. The summed E-state index contributed by atoms with van der Waals surface area (Å²) in [5.41, 5.74) is -0.988. The van der Waals surface area contributed by atoms with Gasteiger partial charge in [-0.1, -0.05) is 0 Å². The summed E-state index contributed by atoms with van der Waals surface area (Å²) in [5, 5.41) is 14.2. The fraction of sp³-hybridized carbons (Fsp3) is 0.500. The lowest BCUT2D eigenvalue weighted by atomic mass is 10.0. The number of piperazine rings is 1. The number of hydrogen-bond donors (Lipinski definition) is 2. The number of aromatic nitrogens is 2. The summed E-state index contributed by atoms with van der Waals surface area (Å²) < 4.78 is 7.71. The molecule has 1 aliphatic heterocycles. The Morgan fingerprint density at radius 3 is 2.62 bits per heavy atom. The minimum Gasteiger partial charge on any atom is -0.444 e. The molecule has 0 saturated carbocycles. The molecule has 0 radical (unpaired) electrons. The minimum atomic E-state index is -1.31. The van der Waals surface area contributed by atoms with Crippen molar-refractivity contribution in [2.75, 3.05) is 23.3 Å². The highest BCUT2D eigenvalue weighted by molar-refractivity contribution is 9.10. The normalized spacial score (nSPS) is 21.4. The Morgan fingerprint density at radius 2 is 2.06 bits per heavy atom. The fourth-order valence-electron chi connectivity index (χ4n) is 3.88. The molecule has 3 rings (SSSR count). The standard InChI is InChI=1S/C22H30BrN5O4/c1-14-11-27(20(30)32-21(2,3)4)13-22(5,31)28(14)16-7-8-18(24-10-16)25-17-9-15(23)12-26(6)19(17)29/h7-10,12,14,31H,11,13H2,1-6H3,(H,24,25)/t14-,22?/m0/s1. The Bertz CT molecular complexity index is 1050. The highest BCUT2D eigenvalue weighted by Crippen LogP contribution is 2.31. The van der Waals surface area contributed by atoms with Gasteiger partial charge >= 0.3 is 6.09 Å². The summed E-state index contributed by atoms with van der Waals surface area (Å²) in [7, 11) is 1.68. The Balaban J connectivity index is 1.77. The van der Waals surface area contributed by atoms with Crippen LogP contribution in [0.3, 0.4) is 0 Å². The number of halogens is 1. The van der Waals surface area contributed by atoms with Gasteiger partial charge in [0, 0.05) is 30.3 Å². The number of aryl methyl sites for hydroxylation is 1. The molecule has 32 heavy (non-hydrogen) atoms. The van der Waals surface area contributed by atoms with Gasteiger partial charge in [0.15, 0.2) is 5.72 Å². The number of carbonyl (C=O) groups excluding carboxylic acids is 1. The molecule has 0 bridgehead atoms. The molecule has 0 aromatic carbocycles. The van der Waals surface area contributed by atoms with Crippen LogP contribution in [0.2, 0.25) is 0 Å². The van der Waals surface area contributed by atoms with Crippen LogP contribution in [0.1, 0.15) is 34.6 Å². The van der Waals surface area contributed by atoms with E-state index in [9.17, 15) is 14.7 Å². The van der Waals surface area contributed by atoms with Gasteiger partial charge in [-0.2, -0.15) is 0 Å². The molecule has 1 aliphatic rings. The predicted octanol–water partition coefficient (Wildman–Crippen LogP) is 3.44. The molecular weight excluding hydrogens is 478 g/mol. The third kappa shape index (κ3) is 5.42. The molecule has 0 spiro atoms. The molecule has 2 aromatic rings. The van der Waals surface area contributed by atoms with Crippen LogP contribution in [-0.2, 0) is 11.8 Å². The molecule has 174 valence electrons. The molecule has 2 N–H and O–H groups in total. The van der Waals surface area contributed by atoms with Gasteiger partial charge in [-0.15, -0.1) is 0 Å². The number of anilines is 3. The van der Waals surface area contributed by atoms with Crippen molar-refractivity contribution >= 4 is 39.2 Å². The number of nitrogens with one attached hydrogen (secondary N) is 1. The van der Waals surface area contributed by atoms with Gasteiger partial charge in [0.1, 0.15) is 17.1 Å². The molecule has 1 amide bonds. The summed E-state index contributed by atoms with van der Waals surface area (Å²) >= 11 is 3.38. The summed E-state index contributed by atoms with van der Waals surface area (Å²) in [6, 6.07) is 5.09. The van der Waals surface area contributed by atoms with E-state index in [4.69, 9.17) is 4.74 Å². The number of amides is 1. The maximum Gasteiger partial charge on any atom is 0.410 e. The average Bonchev–Trinajstić information content (AvgIpc) is 2.64. The van der Waals surface area contributed by atoms with E-state index in [0.29, 0.717) is 23.7 Å². The highest BCUT2D eigenvalue weighted by atomic mass is 79.9. The number of β-amino-alcohol motifs (C(OH)–C–C–N with tert-alkyl or cyclic N) is 1. The van der Waals surface area contributed by atoms with Gasteiger partial charge in [-0.05, 0) is 68.7 Å². The molecule has 10 heteroatoms. The van der Waals surface area contributed by atoms with Crippen molar-refractivity contribution in [3.05, 3.63) is 45.4 Å². The average molecular weight is 508 g/mol. The number of rotatable bonds is 3. The first-order chi connectivity index (χ1) is 14.8. The zero-order chi connectivity index (χ0) is 23.8. The maximum absolute atomic E-state index is 12.5. The Kier molecular flexibility index (Phi) is 6.57. The number of nitrogens with zero attached hydrogens (tertiary/aromatic N) is 4. The van der Waals surface area contributed by atoms with Crippen LogP contribution >= 0.6 is 15.9 Å². The maximum atomic E-state index is 12.5. The number of carbonyl (C=O) groups is 1. The van der Waals surface area contributed by atoms with Gasteiger partial charge in [0.05, 0.1) is 18.4 Å². The zero-order valence-corrected chi connectivity index (χ0v) is 20.8. The van der Waals surface area contributed by atoms with Gasteiger partial charge < -0.3 is 29.5 Å². The molecule has 1 unspecified atom stereocenters. The van der Waals surface area contributed by atoms with Crippen LogP contribution in [0.25, 0.3) is 0 Å². The number of pyridine rings is 2. The third-order valence-electron chi connectivity index (χ3n) is 5.03. The van der Waals surface area contributed by atoms with E-state index in [1.165, 1.54) is 9.47 Å². The lowest BCUT2D eigenvalue weighted by molar-refractivity contribution is -0.0348. The van der Waals surface area contributed by atoms with E-state index >= 15 is 0 Å². The molecule has 0 aliphatic carbocycles. The van der Waals surface area contributed by atoms with Gasteiger partial charge in [0.25, 0.3) is 5.56 Å². The lowest BCUT2D eigenvalue weighted by Gasteiger charge is -2.50. The quantitative estimate of drug-likeness (QED) is 0.655. The van der Waals surface area contributed by atoms with Crippen LogP contribution in [-0.4, -0.2) is 56.1 Å². The van der Waals surface area contributed by atoms with Crippen molar-refractivity contribution in [3.63, 3.8) is 0 Å². The second-order valence-corrected chi connectivity index (χ2v) is 10.2. The summed E-state index contributed by atoms with van der Waals surface area (Å²) in [6.07, 6.45) is 2.88. The first-order valence-electron chi connectivity index (χ1n) is 10.4. The topological polar surface area (TPSA) is 99.9 Å². The second kappa shape index (κ2) is 8.74. The second-order valence-electron chi connectivity index (χ2n) is 9.31. The molecule has 1 saturated heterocycles. The highest BCUT2D eigenvalue weighted by Gasteiger charge is 2.42. The number of ether oxygens (including phenoxy) is 1.